The molecule has 0 saturated heterocycles. The van der Waals surface area contributed by atoms with Gasteiger partial charge in [-0.2, -0.15) is 13.2 Å². The fourth-order valence-corrected chi connectivity index (χ4v) is 1.94. The molecule has 0 unspecified atom stereocenters. The van der Waals surface area contributed by atoms with Gasteiger partial charge in [-0.1, -0.05) is 6.07 Å². The molecule has 0 spiro atoms. The van der Waals surface area contributed by atoms with Crippen molar-refractivity contribution >= 4 is 27.5 Å². The summed E-state index contributed by atoms with van der Waals surface area (Å²) in [6, 6.07) is 6.73. The Morgan fingerprint density at radius 3 is 2.52 bits per heavy atom. The summed E-state index contributed by atoms with van der Waals surface area (Å²) in [5, 5.41) is 2.40. The van der Waals surface area contributed by atoms with Crippen LogP contribution in [0.1, 0.15) is 21.6 Å². The molecule has 0 aliphatic carbocycles. The van der Waals surface area contributed by atoms with Crippen LogP contribution in [0.25, 0.3) is 0 Å². The minimum atomic E-state index is -4.46. The summed E-state index contributed by atoms with van der Waals surface area (Å²) >= 11 is 3.18. The van der Waals surface area contributed by atoms with Gasteiger partial charge in [0.15, 0.2) is 0 Å². The summed E-state index contributed by atoms with van der Waals surface area (Å²) in [5.74, 6) is -0.570. The Balaban J connectivity index is 2.24. The number of aryl methyl sites for hydroxylation is 1. The van der Waals surface area contributed by atoms with Crippen molar-refractivity contribution in [2.75, 3.05) is 5.32 Å². The molecule has 1 N–H and O–H groups in total. The number of rotatable bonds is 2. The molecule has 3 nitrogen and oxygen atoms in total. The van der Waals surface area contributed by atoms with E-state index in [1.807, 2.05) is 0 Å². The van der Waals surface area contributed by atoms with Crippen LogP contribution in [0, 0.1) is 6.92 Å². The number of halogens is 4. The first-order chi connectivity index (χ1) is 9.77. The van der Waals surface area contributed by atoms with E-state index in [9.17, 15) is 18.0 Å². The fourth-order valence-electron chi connectivity index (χ4n) is 1.71. The van der Waals surface area contributed by atoms with Gasteiger partial charge in [0.2, 0.25) is 0 Å². The second-order valence-corrected chi connectivity index (χ2v) is 5.26. The first-order valence-electron chi connectivity index (χ1n) is 5.88. The third kappa shape index (κ3) is 3.81. The third-order valence-electron chi connectivity index (χ3n) is 2.76. The molecule has 1 aromatic heterocycles. The smallest absolute Gasteiger partial charge is 0.321 e. The highest BCUT2D eigenvalue weighted by molar-refractivity contribution is 9.10. The summed E-state index contributed by atoms with van der Waals surface area (Å²) in [6.07, 6.45) is -3.02. The lowest BCUT2D eigenvalue weighted by molar-refractivity contribution is -0.138. The molecule has 2 aromatic rings. The number of amides is 1. The van der Waals surface area contributed by atoms with E-state index in [1.165, 1.54) is 31.3 Å². The number of carbonyl (C=O) groups is 1. The van der Waals surface area contributed by atoms with Gasteiger partial charge in [0, 0.05) is 16.4 Å². The van der Waals surface area contributed by atoms with Crippen molar-refractivity contribution in [1.29, 1.82) is 0 Å². The largest absolute Gasteiger partial charge is 0.416 e. The van der Waals surface area contributed by atoms with Crippen LogP contribution in [0.2, 0.25) is 0 Å². The Morgan fingerprint density at radius 1 is 1.24 bits per heavy atom. The quantitative estimate of drug-likeness (QED) is 0.862. The van der Waals surface area contributed by atoms with Crippen LogP contribution in [0.5, 0.6) is 0 Å². The van der Waals surface area contributed by atoms with Crippen molar-refractivity contribution < 1.29 is 18.0 Å². The van der Waals surface area contributed by atoms with Gasteiger partial charge in [-0.25, -0.2) is 4.98 Å². The van der Waals surface area contributed by atoms with E-state index in [2.05, 4.69) is 26.2 Å². The maximum atomic E-state index is 12.8. The monoisotopic (exact) mass is 358 g/mol. The zero-order chi connectivity index (χ0) is 15.6. The van der Waals surface area contributed by atoms with Gasteiger partial charge in [-0.05, 0) is 52.7 Å². The number of nitrogens with one attached hydrogen (secondary N) is 1. The molecule has 0 aliphatic heterocycles. The number of nitrogens with zero attached hydrogens (tertiary/aromatic N) is 1. The lowest BCUT2D eigenvalue weighted by atomic mass is 10.1. The molecule has 7 heteroatoms. The molecule has 1 aromatic carbocycles. The second kappa shape index (κ2) is 5.85. The summed E-state index contributed by atoms with van der Waals surface area (Å²) in [5.41, 5.74) is -0.485. The summed E-state index contributed by atoms with van der Waals surface area (Å²) in [6.45, 7) is 1.37. The van der Waals surface area contributed by atoms with Crippen LogP contribution in [-0.2, 0) is 6.18 Å². The van der Waals surface area contributed by atoms with E-state index in [0.717, 1.165) is 6.07 Å². The normalized spacial score (nSPS) is 11.3. The Kier molecular flexibility index (Phi) is 4.32. The average Bonchev–Trinajstić information content (AvgIpc) is 2.40. The average molecular weight is 359 g/mol. The number of pyridine rings is 1. The Morgan fingerprint density at radius 2 is 1.95 bits per heavy atom. The molecule has 2 rings (SSSR count). The van der Waals surface area contributed by atoms with E-state index in [0.29, 0.717) is 4.47 Å². The zero-order valence-corrected chi connectivity index (χ0v) is 12.4. The molecule has 0 fully saturated rings. The van der Waals surface area contributed by atoms with Gasteiger partial charge in [0.1, 0.15) is 5.69 Å². The van der Waals surface area contributed by atoms with Crippen LogP contribution in [0.4, 0.5) is 18.9 Å². The van der Waals surface area contributed by atoms with Crippen LogP contribution in [0.15, 0.2) is 41.0 Å². The number of alkyl halides is 3. The SMILES string of the molecule is Cc1ccc(NC(=O)c2ccc(Br)cn2)cc1C(F)(F)F. The van der Waals surface area contributed by atoms with E-state index in [1.54, 1.807) is 6.07 Å². The highest BCUT2D eigenvalue weighted by Crippen LogP contribution is 2.33. The molecule has 0 bridgehead atoms. The summed E-state index contributed by atoms with van der Waals surface area (Å²) in [4.78, 5) is 15.8. The number of anilines is 1. The number of aromatic nitrogens is 1. The van der Waals surface area contributed by atoms with Crippen molar-refractivity contribution in [2.45, 2.75) is 13.1 Å². The van der Waals surface area contributed by atoms with Gasteiger partial charge >= 0.3 is 6.18 Å². The zero-order valence-electron chi connectivity index (χ0n) is 10.8. The molecule has 21 heavy (non-hydrogen) atoms. The van der Waals surface area contributed by atoms with Crippen molar-refractivity contribution in [3.63, 3.8) is 0 Å². The maximum absolute atomic E-state index is 12.8. The Bertz CT molecular complexity index is 669. The lowest BCUT2D eigenvalue weighted by Gasteiger charge is -2.12. The highest BCUT2D eigenvalue weighted by Gasteiger charge is 2.32. The first-order valence-corrected chi connectivity index (χ1v) is 6.67. The number of hydrogen-bond acceptors (Lipinski definition) is 2. The molecular formula is C14H10BrF3N2O. The van der Waals surface area contributed by atoms with Crippen LogP contribution in [-0.4, -0.2) is 10.9 Å². The minimum absolute atomic E-state index is 0.0719. The van der Waals surface area contributed by atoms with E-state index >= 15 is 0 Å². The van der Waals surface area contributed by atoms with Gasteiger partial charge in [-0.15, -0.1) is 0 Å². The molecular weight excluding hydrogens is 349 g/mol. The van der Waals surface area contributed by atoms with Crippen molar-refractivity contribution in [3.05, 3.63) is 57.8 Å². The fraction of sp³-hybridized carbons (Fsp3) is 0.143. The molecule has 1 amide bonds. The van der Waals surface area contributed by atoms with E-state index in [4.69, 9.17) is 0 Å². The van der Waals surface area contributed by atoms with E-state index in [-0.39, 0.29) is 16.9 Å². The molecule has 110 valence electrons. The van der Waals surface area contributed by atoms with Crippen molar-refractivity contribution in [3.8, 4) is 0 Å². The summed E-state index contributed by atoms with van der Waals surface area (Å²) < 4.78 is 39.1. The Labute approximate surface area is 127 Å². The van der Waals surface area contributed by atoms with Gasteiger partial charge in [-0.3, -0.25) is 4.79 Å². The second-order valence-electron chi connectivity index (χ2n) is 4.34. The van der Waals surface area contributed by atoms with Gasteiger partial charge < -0.3 is 5.32 Å². The molecule has 0 aliphatic rings. The first kappa shape index (κ1) is 15.5. The number of carbonyl (C=O) groups excluding carboxylic acids is 1. The highest BCUT2D eigenvalue weighted by atomic mass is 79.9. The predicted octanol–water partition coefficient (Wildman–Crippen LogP) is 4.42. The van der Waals surface area contributed by atoms with Gasteiger partial charge in [0.05, 0.1) is 5.56 Å². The molecule has 0 saturated carbocycles. The van der Waals surface area contributed by atoms with Crippen molar-refractivity contribution in [1.82, 2.24) is 4.98 Å². The standard InChI is InChI=1S/C14H10BrF3N2O/c1-8-2-4-10(6-11(8)14(16,17)18)20-13(21)12-5-3-9(15)7-19-12/h2-7H,1H3,(H,20,21). The maximum Gasteiger partial charge on any atom is 0.416 e. The lowest BCUT2D eigenvalue weighted by Crippen LogP contribution is -2.15. The summed E-state index contributed by atoms with van der Waals surface area (Å²) in [7, 11) is 0. The van der Waals surface area contributed by atoms with Crippen molar-refractivity contribution in [2.24, 2.45) is 0 Å². The predicted molar refractivity (Wildman–Crippen MR) is 76.1 cm³/mol. The number of benzene rings is 1. The van der Waals surface area contributed by atoms with E-state index < -0.39 is 17.6 Å². The topological polar surface area (TPSA) is 42.0 Å². The minimum Gasteiger partial charge on any atom is -0.321 e. The van der Waals surface area contributed by atoms with Gasteiger partial charge in [0.25, 0.3) is 5.91 Å². The van der Waals surface area contributed by atoms with Crippen LogP contribution in [0.3, 0.4) is 0 Å². The van der Waals surface area contributed by atoms with Crippen LogP contribution >= 0.6 is 15.9 Å². The molecule has 0 atom stereocenters. The molecule has 0 radical (unpaired) electrons. The van der Waals surface area contributed by atoms with Crippen LogP contribution < -0.4 is 5.32 Å². The molecule has 1 heterocycles. The third-order valence-corrected chi connectivity index (χ3v) is 3.23. The Hall–Kier alpha value is -1.89. The number of hydrogen-bond donors (Lipinski definition) is 1.